The molecule has 3 rings (SSSR count). The Balaban J connectivity index is 2.08. The van der Waals surface area contributed by atoms with Gasteiger partial charge in [-0.05, 0) is 24.3 Å². The van der Waals surface area contributed by atoms with E-state index in [1.807, 2.05) is 6.07 Å². The van der Waals surface area contributed by atoms with Gasteiger partial charge in [-0.15, -0.1) is 0 Å². The van der Waals surface area contributed by atoms with Crippen LogP contribution in [0.15, 0.2) is 54.2 Å². The standard InChI is InChI=1S/C14H11ClN4O2S/c1-22(20,21)13-5-4-10(7-18-13)19-9-16-8-12(19)11-3-2-6-17-14(11)15/h2-9H,1H3. The molecular formula is C14H11ClN4O2S. The summed E-state index contributed by atoms with van der Waals surface area (Å²) in [6.45, 7) is 0. The highest BCUT2D eigenvalue weighted by Crippen LogP contribution is 2.27. The van der Waals surface area contributed by atoms with Crippen molar-refractivity contribution < 1.29 is 8.42 Å². The third-order valence-electron chi connectivity index (χ3n) is 3.05. The first-order chi connectivity index (χ1) is 10.5. The minimum atomic E-state index is -3.32. The maximum atomic E-state index is 11.5. The van der Waals surface area contributed by atoms with Crippen molar-refractivity contribution in [2.75, 3.05) is 6.26 Å². The van der Waals surface area contributed by atoms with Gasteiger partial charge in [-0.2, -0.15) is 0 Å². The summed E-state index contributed by atoms with van der Waals surface area (Å²) in [5, 5.41) is 0.391. The normalized spacial score (nSPS) is 11.5. The van der Waals surface area contributed by atoms with Gasteiger partial charge >= 0.3 is 0 Å². The lowest BCUT2D eigenvalue weighted by atomic mass is 10.2. The maximum Gasteiger partial charge on any atom is 0.192 e. The Hall–Kier alpha value is -2.25. The zero-order valence-electron chi connectivity index (χ0n) is 11.5. The molecule has 0 N–H and O–H groups in total. The molecule has 112 valence electrons. The summed E-state index contributed by atoms with van der Waals surface area (Å²) in [4.78, 5) is 12.1. The first-order valence-electron chi connectivity index (χ1n) is 6.26. The predicted octanol–water partition coefficient (Wildman–Crippen LogP) is 2.39. The molecule has 0 aliphatic carbocycles. The van der Waals surface area contributed by atoms with Gasteiger partial charge in [0.2, 0.25) is 0 Å². The van der Waals surface area contributed by atoms with Gasteiger partial charge in [-0.1, -0.05) is 11.6 Å². The Bertz CT molecular complexity index is 920. The quantitative estimate of drug-likeness (QED) is 0.687. The highest BCUT2D eigenvalue weighted by molar-refractivity contribution is 7.90. The molecule has 0 saturated carbocycles. The molecule has 0 spiro atoms. The SMILES string of the molecule is CS(=O)(=O)c1ccc(-n2cncc2-c2cccnc2Cl)cn1. The second-order valence-electron chi connectivity index (χ2n) is 4.62. The van der Waals surface area contributed by atoms with Crippen LogP contribution in [0.5, 0.6) is 0 Å². The van der Waals surface area contributed by atoms with Crippen LogP contribution in [0.2, 0.25) is 5.15 Å². The molecule has 0 saturated heterocycles. The molecule has 3 aromatic rings. The molecule has 0 unspecified atom stereocenters. The van der Waals surface area contributed by atoms with E-state index in [0.717, 1.165) is 17.5 Å². The van der Waals surface area contributed by atoms with Gasteiger partial charge in [0.25, 0.3) is 0 Å². The number of halogens is 1. The second kappa shape index (κ2) is 5.51. The molecule has 3 heterocycles. The van der Waals surface area contributed by atoms with E-state index in [-0.39, 0.29) is 5.03 Å². The van der Waals surface area contributed by atoms with Crippen molar-refractivity contribution in [1.29, 1.82) is 0 Å². The van der Waals surface area contributed by atoms with Crippen molar-refractivity contribution in [3.05, 3.63) is 54.3 Å². The molecular weight excluding hydrogens is 324 g/mol. The molecule has 8 heteroatoms. The van der Waals surface area contributed by atoms with Crippen LogP contribution in [-0.4, -0.2) is 34.2 Å². The number of sulfone groups is 1. The summed E-state index contributed by atoms with van der Waals surface area (Å²) in [7, 11) is -3.32. The van der Waals surface area contributed by atoms with Crippen LogP contribution in [0.4, 0.5) is 0 Å². The average Bonchev–Trinajstić information content (AvgIpc) is 2.96. The van der Waals surface area contributed by atoms with Crippen molar-refractivity contribution in [2.45, 2.75) is 5.03 Å². The zero-order valence-corrected chi connectivity index (χ0v) is 13.1. The monoisotopic (exact) mass is 334 g/mol. The first kappa shape index (κ1) is 14.7. The molecule has 0 radical (unpaired) electrons. The van der Waals surface area contributed by atoms with E-state index in [1.54, 1.807) is 35.4 Å². The molecule has 6 nitrogen and oxygen atoms in total. The van der Waals surface area contributed by atoms with E-state index in [4.69, 9.17) is 11.6 Å². The van der Waals surface area contributed by atoms with E-state index < -0.39 is 9.84 Å². The van der Waals surface area contributed by atoms with Gasteiger partial charge in [0, 0.05) is 18.0 Å². The fraction of sp³-hybridized carbons (Fsp3) is 0.0714. The molecule has 22 heavy (non-hydrogen) atoms. The largest absolute Gasteiger partial charge is 0.297 e. The van der Waals surface area contributed by atoms with Gasteiger partial charge in [0.05, 0.1) is 30.1 Å². The van der Waals surface area contributed by atoms with Gasteiger partial charge in [0.15, 0.2) is 14.9 Å². The van der Waals surface area contributed by atoms with Gasteiger partial charge in [-0.25, -0.2) is 23.4 Å². The predicted molar refractivity (Wildman–Crippen MR) is 82.7 cm³/mol. The smallest absolute Gasteiger partial charge is 0.192 e. The number of imidazole rings is 1. The van der Waals surface area contributed by atoms with Gasteiger partial charge in [0.1, 0.15) is 5.15 Å². The number of rotatable bonds is 3. The van der Waals surface area contributed by atoms with Crippen molar-refractivity contribution in [3.63, 3.8) is 0 Å². The first-order valence-corrected chi connectivity index (χ1v) is 8.53. The molecule has 0 atom stereocenters. The highest BCUT2D eigenvalue weighted by atomic mass is 35.5. The van der Waals surface area contributed by atoms with Crippen LogP contribution in [0.25, 0.3) is 16.9 Å². The van der Waals surface area contributed by atoms with Crippen LogP contribution in [0, 0.1) is 0 Å². The summed E-state index contributed by atoms with van der Waals surface area (Å²) >= 11 is 6.11. The zero-order chi connectivity index (χ0) is 15.7. The summed E-state index contributed by atoms with van der Waals surface area (Å²) in [6, 6.07) is 6.74. The van der Waals surface area contributed by atoms with Crippen LogP contribution >= 0.6 is 11.6 Å². The van der Waals surface area contributed by atoms with Crippen LogP contribution in [0.1, 0.15) is 0 Å². The third kappa shape index (κ3) is 2.72. The summed E-state index contributed by atoms with van der Waals surface area (Å²) in [5.74, 6) is 0. The molecule has 0 bridgehead atoms. The Morgan fingerprint density at radius 1 is 1.14 bits per heavy atom. The van der Waals surface area contributed by atoms with Crippen LogP contribution in [0.3, 0.4) is 0 Å². The second-order valence-corrected chi connectivity index (χ2v) is 6.94. The Labute approximate surface area is 132 Å². The Morgan fingerprint density at radius 2 is 1.95 bits per heavy atom. The minimum absolute atomic E-state index is 0.0253. The summed E-state index contributed by atoms with van der Waals surface area (Å²) in [6.07, 6.45) is 7.47. The Morgan fingerprint density at radius 3 is 2.59 bits per heavy atom. The van der Waals surface area contributed by atoms with E-state index in [2.05, 4.69) is 15.0 Å². The van der Waals surface area contributed by atoms with Crippen molar-refractivity contribution in [2.24, 2.45) is 0 Å². The third-order valence-corrected chi connectivity index (χ3v) is 4.35. The number of pyridine rings is 2. The lowest BCUT2D eigenvalue weighted by Gasteiger charge is -2.09. The summed E-state index contributed by atoms with van der Waals surface area (Å²) < 4.78 is 24.7. The Kier molecular flexibility index (Phi) is 3.67. The van der Waals surface area contributed by atoms with Crippen LogP contribution < -0.4 is 0 Å². The lowest BCUT2D eigenvalue weighted by Crippen LogP contribution is -2.02. The van der Waals surface area contributed by atoms with Crippen molar-refractivity contribution in [3.8, 4) is 16.9 Å². The van der Waals surface area contributed by atoms with Crippen molar-refractivity contribution in [1.82, 2.24) is 19.5 Å². The molecule has 0 fully saturated rings. The average molecular weight is 335 g/mol. The number of hydrogen-bond donors (Lipinski definition) is 0. The number of hydrogen-bond acceptors (Lipinski definition) is 5. The van der Waals surface area contributed by atoms with Gasteiger partial charge in [-0.3, -0.25) is 4.57 Å². The fourth-order valence-electron chi connectivity index (χ4n) is 2.01. The molecule has 3 aromatic heterocycles. The van der Waals surface area contributed by atoms with Gasteiger partial charge < -0.3 is 0 Å². The molecule has 0 aliphatic rings. The summed E-state index contributed by atoms with van der Waals surface area (Å²) in [5.41, 5.74) is 2.15. The topological polar surface area (TPSA) is 77.7 Å². The number of nitrogens with zero attached hydrogens (tertiary/aromatic N) is 4. The van der Waals surface area contributed by atoms with E-state index in [0.29, 0.717) is 10.8 Å². The lowest BCUT2D eigenvalue weighted by molar-refractivity contribution is 0.598. The van der Waals surface area contributed by atoms with E-state index >= 15 is 0 Å². The molecule has 0 aliphatic heterocycles. The fourth-order valence-corrected chi connectivity index (χ4v) is 2.79. The number of aromatic nitrogens is 4. The highest BCUT2D eigenvalue weighted by Gasteiger charge is 2.13. The van der Waals surface area contributed by atoms with E-state index in [9.17, 15) is 8.42 Å². The van der Waals surface area contributed by atoms with Crippen molar-refractivity contribution >= 4 is 21.4 Å². The maximum absolute atomic E-state index is 11.5. The van der Waals surface area contributed by atoms with E-state index in [1.165, 1.54) is 12.3 Å². The minimum Gasteiger partial charge on any atom is -0.297 e. The molecule has 0 aromatic carbocycles. The molecule has 0 amide bonds. The van der Waals surface area contributed by atoms with Crippen LogP contribution in [-0.2, 0) is 9.84 Å².